The molecule has 3 N–H and O–H groups in total. The average Bonchev–Trinajstić information content (AvgIpc) is 2.71. The smallest absolute Gasteiger partial charge is 0.252 e. The van der Waals surface area contributed by atoms with Gasteiger partial charge in [0.05, 0.1) is 0 Å². The quantitative estimate of drug-likeness (QED) is 0.732. The van der Waals surface area contributed by atoms with Crippen molar-refractivity contribution in [2.75, 3.05) is 25.9 Å². The first-order valence-corrected chi connectivity index (χ1v) is 7.71. The van der Waals surface area contributed by atoms with Crippen LogP contribution in [0.15, 0.2) is 15.7 Å². The van der Waals surface area contributed by atoms with E-state index in [-0.39, 0.29) is 10.8 Å². The molecule has 5 nitrogen and oxygen atoms in total. The van der Waals surface area contributed by atoms with Gasteiger partial charge >= 0.3 is 0 Å². The van der Waals surface area contributed by atoms with Gasteiger partial charge in [0, 0.05) is 31.3 Å². The molecule has 0 unspecified atom stereocenters. The van der Waals surface area contributed by atoms with Crippen molar-refractivity contribution < 1.29 is 13.5 Å². The highest BCUT2D eigenvalue weighted by molar-refractivity contribution is 7.91. The first-order chi connectivity index (χ1) is 7.98. The number of aliphatic hydroxyl groups excluding tert-OH is 1. The minimum absolute atomic E-state index is 0.151. The molecule has 1 aromatic rings. The molecule has 98 valence electrons. The molecule has 0 spiro atoms. The van der Waals surface area contributed by atoms with E-state index in [0.717, 1.165) is 24.2 Å². The summed E-state index contributed by atoms with van der Waals surface area (Å²) in [6.45, 7) is 0.609. The molecule has 0 radical (unpaired) electrons. The van der Waals surface area contributed by atoms with Crippen LogP contribution in [0, 0.1) is 0 Å². The molecule has 0 atom stereocenters. The highest BCUT2D eigenvalue weighted by Crippen LogP contribution is 2.24. The van der Waals surface area contributed by atoms with Gasteiger partial charge in [0.2, 0.25) is 0 Å². The molecule has 7 heteroatoms. The standard InChI is InChI=1S/C10H18N2O3S2/c1-12(5-3-2-4-6-13)17(14,15)10-7-9(11)8-16-10/h7-8,13H,2-6,11H2,1H3. The van der Waals surface area contributed by atoms with E-state index in [4.69, 9.17) is 10.8 Å². The van der Waals surface area contributed by atoms with E-state index in [0.29, 0.717) is 18.7 Å². The van der Waals surface area contributed by atoms with Crippen LogP contribution in [0.1, 0.15) is 19.3 Å². The van der Waals surface area contributed by atoms with Crippen molar-refractivity contribution in [3.8, 4) is 0 Å². The molecule has 0 aliphatic rings. The van der Waals surface area contributed by atoms with Gasteiger partial charge in [-0.1, -0.05) is 0 Å². The minimum Gasteiger partial charge on any atom is -0.398 e. The Morgan fingerprint density at radius 2 is 2.12 bits per heavy atom. The van der Waals surface area contributed by atoms with Gasteiger partial charge in [0.15, 0.2) is 0 Å². The van der Waals surface area contributed by atoms with E-state index in [1.807, 2.05) is 0 Å². The molecule has 1 rings (SSSR count). The monoisotopic (exact) mass is 278 g/mol. The third-order valence-corrected chi connectivity index (χ3v) is 5.68. The normalized spacial score (nSPS) is 12.2. The van der Waals surface area contributed by atoms with Crippen LogP contribution >= 0.6 is 11.3 Å². The van der Waals surface area contributed by atoms with Crippen molar-refractivity contribution in [1.82, 2.24) is 4.31 Å². The van der Waals surface area contributed by atoms with Gasteiger partial charge < -0.3 is 10.8 Å². The number of aliphatic hydroxyl groups is 1. The number of sulfonamides is 1. The van der Waals surface area contributed by atoms with Crippen LogP contribution < -0.4 is 5.73 Å². The summed E-state index contributed by atoms with van der Waals surface area (Å²) >= 11 is 1.13. The Morgan fingerprint density at radius 3 is 2.65 bits per heavy atom. The number of nitrogen functional groups attached to an aromatic ring is 1. The molecular formula is C10H18N2O3S2. The fourth-order valence-corrected chi connectivity index (χ4v) is 3.86. The zero-order valence-electron chi connectivity index (χ0n) is 9.80. The van der Waals surface area contributed by atoms with Crippen molar-refractivity contribution in [1.29, 1.82) is 0 Å². The number of rotatable bonds is 7. The highest BCUT2D eigenvalue weighted by atomic mass is 32.2. The van der Waals surface area contributed by atoms with Crippen LogP contribution in [0.2, 0.25) is 0 Å². The summed E-state index contributed by atoms with van der Waals surface area (Å²) in [5.74, 6) is 0. The lowest BCUT2D eigenvalue weighted by Gasteiger charge is -2.15. The molecule has 0 fully saturated rings. The van der Waals surface area contributed by atoms with Crippen molar-refractivity contribution in [3.63, 3.8) is 0 Å². The summed E-state index contributed by atoms with van der Waals surface area (Å²) in [6, 6.07) is 1.48. The first kappa shape index (κ1) is 14.4. The largest absolute Gasteiger partial charge is 0.398 e. The Hall–Kier alpha value is -0.630. The Morgan fingerprint density at radius 1 is 1.41 bits per heavy atom. The Kier molecular flexibility index (Phi) is 5.38. The van der Waals surface area contributed by atoms with E-state index in [1.54, 1.807) is 12.4 Å². The molecule has 0 bridgehead atoms. The molecule has 0 aliphatic carbocycles. The van der Waals surface area contributed by atoms with Crippen molar-refractivity contribution in [3.05, 3.63) is 11.4 Å². The Bertz CT molecular complexity index is 442. The van der Waals surface area contributed by atoms with E-state index in [1.165, 1.54) is 10.4 Å². The molecule has 0 saturated carbocycles. The third-order valence-electron chi connectivity index (χ3n) is 2.39. The fourth-order valence-electron chi connectivity index (χ4n) is 1.36. The lowest BCUT2D eigenvalue weighted by molar-refractivity contribution is 0.281. The van der Waals surface area contributed by atoms with Crippen LogP contribution in [-0.4, -0.2) is 38.0 Å². The first-order valence-electron chi connectivity index (χ1n) is 5.39. The summed E-state index contributed by atoms with van der Waals surface area (Å²) in [7, 11) is -1.84. The maximum absolute atomic E-state index is 12.0. The maximum atomic E-state index is 12.0. The average molecular weight is 278 g/mol. The molecular weight excluding hydrogens is 260 g/mol. The minimum atomic E-state index is -3.40. The van der Waals surface area contributed by atoms with Gasteiger partial charge in [-0.2, -0.15) is 0 Å². The van der Waals surface area contributed by atoms with Gasteiger partial charge in [-0.05, 0) is 25.3 Å². The second kappa shape index (κ2) is 6.34. The lowest BCUT2D eigenvalue weighted by atomic mass is 10.2. The lowest BCUT2D eigenvalue weighted by Crippen LogP contribution is -2.27. The second-order valence-electron chi connectivity index (χ2n) is 3.81. The molecule has 1 heterocycles. The highest BCUT2D eigenvalue weighted by Gasteiger charge is 2.21. The molecule has 17 heavy (non-hydrogen) atoms. The third kappa shape index (κ3) is 3.95. The van der Waals surface area contributed by atoms with Gasteiger partial charge in [-0.25, -0.2) is 12.7 Å². The maximum Gasteiger partial charge on any atom is 0.252 e. The Labute approximate surface area is 106 Å². The van der Waals surface area contributed by atoms with Crippen LogP contribution in [-0.2, 0) is 10.0 Å². The molecule has 0 aliphatic heterocycles. The number of nitrogens with two attached hydrogens (primary N) is 1. The molecule has 0 saturated heterocycles. The zero-order valence-corrected chi connectivity index (χ0v) is 11.4. The summed E-state index contributed by atoms with van der Waals surface area (Å²) in [4.78, 5) is 0. The molecule has 0 aromatic carbocycles. The van der Waals surface area contributed by atoms with Crippen LogP contribution in [0.5, 0.6) is 0 Å². The SMILES string of the molecule is CN(CCCCCO)S(=O)(=O)c1cc(N)cs1. The molecule has 0 amide bonds. The number of hydrogen-bond acceptors (Lipinski definition) is 5. The van der Waals surface area contributed by atoms with Crippen molar-refractivity contribution >= 4 is 27.0 Å². The van der Waals surface area contributed by atoms with Crippen LogP contribution in [0.3, 0.4) is 0 Å². The van der Waals surface area contributed by atoms with E-state index in [2.05, 4.69) is 0 Å². The van der Waals surface area contributed by atoms with Crippen LogP contribution in [0.4, 0.5) is 5.69 Å². The number of anilines is 1. The Balaban J connectivity index is 2.58. The fraction of sp³-hybridized carbons (Fsp3) is 0.600. The zero-order chi connectivity index (χ0) is 12.9. The number of thiophene rings is 1. The number of unbranched alkanes of at least 4 members (excludes halogenated alkanes) is 2. The van der Waals surface area contributed by atoms with Crippen molar-refractivity contribution in [2.45, 2.75) is 23.5 Å². The number of hydrogen-bond donors (Lipinski definition) is 2. The van der Waals surface area contributed by atoms with Crippen molar-refractivity contribution in [2.24, 2.45) is 0 Å². The van der Waals surface area contributed by atoms with Gasteiger partial charge in [-0.15, -0.1) is 11.3 Å². The summed E-state index contributed by atoms with van der Waals surface area (Å²) in [5.41, 5.74) is 5.99. The van der Waals surface area contributed by atoms with Gasteiger partial charge in [-0.3, -0.25) is 0 Å². The second-order valence-corrected chi connectivity index (χ2v) is 6.99. The topological polar surface area (TPSA) is 83.6 Å². The predicted octanol–water partition coefficient (Wildman–Crippen LogP) is 1.11. The van der Waals surface area contributed by atoms with Crippen LogP contribution in [0.25, 0.3) is 0 Å². The van der Waals surface area contributed by atoms with Gasteiger partial charge in [0.1, 0.15) is 4.21 Å². The predicted molar refractivity (Wildman–Crippen MR) is 69.5 cm³/mol. The molecule has 1 aromatic heterocycles. The van der Waals surface area contributed by atoms with E-state index in [9.17, 15) is 8.42 Å². The van der Waals surface area contributed by atoms with E-state index < -0.39 is 10.0 Å². The summed E-state index contributed by atoms with van der Waals surface area (Å²) < 4.78 is 25.7. The summed E-state index contributed by atoms with van der Waals surface area (Å²) in [6.07, 6.45) is 2.28. The van der Waals surface area contributed by atoms with E-state index >= 15 is 0 Å². The van der Waals surface area contributed by atoms with Gasteiger partial charge in [0.25, 0.3) is 10.0 Å². The number of nitrogens with zero attached hydrogens (tertiary/aromatic N) is 1. The summed E-state index contributed by atoms with van der Waals surface area (Å²) in [5, 5.41) is 10.2.